The molecular formula is C11H14ClN3O3. The van der Waals surface area contributed by atoms with E-state index in [4.69, 9.17) is 22.4 Å². The van der Waals surface area contributed by atoms with E-state index < -0.39 is 18.0 Å². The van der Waals surface area contributed by atoms with Crippen molar-refractivity contribution in [3.8, 4) is 0 Å². The monoisotopic (exact) mass is 271 g/mol. The lowest BCUT2D eigenvalue weighted by molar-refractivity contribution is -0.125. The van der Waals surface area contributed by atoms with E-state index >= 15 is 0 Å². The van der Waals surface area contributed by atoms with Crippen molar-refractivity contribution in [2.24, 2.45) is 5.73 Å². The van der Waals surface area contributed by atoms with Crippen LogP contribution in [0, 0.1) is 6.92 Å². The van der Waals surface area contributed by atoms with Crippen LogP contribution in [0.5, 0.6) is 0 Å². The van der Waals surface area contributed by atoms with Crippen LogP contribution in [0.1, 0.15) is 5.56 Å². The van der Waals surface area contributed by atoms with Crippen LogP contribution in [0.15, 0.2) is 18.2 Å². The fraction of sp³-hybridized carbons (Fsp3) is 0.273. The molecule has 1 aromatic rings. The molecule has 7 heteroatoms. The molecule has 0 fully saturated rings. The number of hydrogen-bond donors (Lipinski definition) is 4. The molecule has 5 N–H and O–H groups in total. The number of urea groups is 1. The Kier molecular flexibility index (Phi) is 4.94. The van der Waals surface area contributed by atoms with E-state index in [1.54, 1.807) is 18.2 Å². The van der Waals surface area contributed by atoms with Gasteiger partial charge in [0.2, 0.25) is 5.91 Å². The van der Waals surface area contributed by atoms with E-state index in [2.05, 4.69) is 10.6 Å². The van der Waals surface area contributed by atoms with Gasteiger partial charge in [0.25, 0.3) is 0 Å². The molecule has 0 aliphatic carbocycles. The first kappa shape index (κ1) is 14.3. The lowest BCUT2D eigenvalue weighted by atomic mass is 10.2. The van der Waals surface area contributed by atoms with E-state index in [-0.39, 0.29) is 6.54 Å². The Hall–Kier alpha value is -1.79. The van der Waals surface area contributed by atoms with Gasteiger partial charge >= 0.3 is 6.03 Å². The number of hydrogen-bond acceptors (Lipinski definition) is 3. The molecule has 0 heterocycles. The molecule has 0 bridgehead atoms. The number of carbonyl (C=O) groups excluding carboxylic acids is 2. The third kappa shape index (κ3) is 4.23. The van der Waals surface area contributed by atoms with Crippen LogP contribution < -0.4 is 16.4 Å². The maximum Gasteiger partial charge on any atom is 0.319 e. The Morgan fingerprint density at radius 2 is 2.17 bits per heavy atom. The quantitative estimate of drug-likeness (QED) is 0.645. The van der Waals surface area contributed by atoms with Crippen molar-refractivity contribution < 1.29 is 14.7 Å². The second kappa shape index (κ2) is 6.23. The van der Waals surface area contributed by atoms with Gasteiger partial charge < -0.3 is 21.5 Å². The lowest BCUT2D eigenvalue weighted by Crippen LogP contribution is -2.41. The summed E-state index contributed by atoms with van der Waals surface area (Å²) in [6.07, 6.45) is -1.41. The van der Waals surface area contributed by atoms with Gasteiger partial charge in [0.15, 0.2) is 0 Å². The lowest BCUT2D eigenvalue weighted by Gasteiger charge is -2.10. The van der Waals surface area contributed by atoms with Gasteiger partial charge in [-0.25, -0.2) is 4.79 Å². The maximum atomic E-state index is 11.4. The summed E-state index contributed by atoms with van der Waals surface area (Å²) in [6, 6.07) is 4.48. The van der Waals surface area contributed by atoms with Crippen LogP contribution in [0.4, 0.5) is 10.5 Å². The third-order valence-corrected chi connectivity index (χ3v) is 2.62. The molecular weight excluding hydrogens is 258 g/mol. The molecule has 0 aliphatic heterocycles. The maximum absolute atomic E-state index is 11.4. The highest BCUT2D eigenvalue weighted by atomic mass is 35.5. The molecule has 0 saturated heterocycles. The highest BCUT2D eigenvalue weighted by Crippen LogP contribution is 2.19. The van der Waals surface area contributed by atoms with Crippen LogP contribution in [0.3, 0.4) is 0 Å². The van der Waals surface area contributed by atoms with Gasteiger partial charge in [-0.15, -0.1) is 0 Å². The minimum atomic E-state index is -1.41. The Balaban J connectivity index is 2.49. The number of benzene rings is 1. The van der Waals surface area contributed by atoms with Gasteiger partial charge in [0.05, 0.1) is 6.54 Å². The first-order valence-electron chi connectivity index (χ1n) is 5.18. The third-order valence-electron chi connectivity index (χ3n) is 2.21. The zero-order chi connectivity index (χ0) is 13.7. The molecule has 6 nitrogen and oxygen atoms in total. The summed E-state index contributed by atoms with van der Waals surface area (Å²) in [5.74, 6) is -0.895. The number of anilines is 1. The second-order valence-corrected chi connectivity index (χ2v) is 4.12. The van der Waals surface area contributed by atoms with Gasteiger partial charge in [0.1, 0.15) is 6.10 Å². The van der Waals surface area contributed by atoms with Crippen molar-refractivity contribution >= 4 is 29.2 Å². The van der Waals surface area contributed by atoms with Gasteiger partial charge in [-0.1, -0.05) is 17.7 Å². The highest BCUT2D eigenvalue weighted by molar-refractivity contribution is 6.31. The van der Waals surface area contributed by atoms with Crippen molar-refractivity contribution in [2.45, 2.75) is 13.0 Å². The highest BCUT2D eigenvalue weighted by Gasteiger charge is 2.12. The summed E-state index contributed by atoms with van der Waals surface area (Å²) >= 11 is 5.89. The van der Waals surface area contributed by atoms with Crippen LogP contribution in [-0.2, 0) is 4.79 Å². The molecule has 18 heavy (non-hydrogen) atoms. The van der Waals surface area contributed by atoms with Gasteiger partial charge in [-0.3, -0.25) is 4.79 Å². The van der Waals surface area contributed by atoms with Gasteiger partial charge in [-0.2, -0.15) is 0 Å². The fourth-order valence-electron chi connectivity index (χ4n) is 1.14. The van der Waals surface area contributed by atoms with Crippen LogP contribution >= 0.6 is 11.6 Å². The van der Waals surface area contributed by atoms with Crippen LogP contribution in [0.2, 0.25) is 5.02 Å². The van der Waals surface area contributed by atoms with Crippen molar-refractivity contribution in [3.05, 3.63) is 28.8 Å². The van der Waals surface area contributed by atoms with E-state index in [1.807, 2.05) is 6.92 Å². The number of aliphatic hydroxyl groups excluding tert-OH is 1. The van der Waals surface area contributed by atoms with E-state index in [9.17, 15) is 9.59 Å². The summed E-state index contributed by atoms with van der Waals surface area (Å²) < 4.78 is 0. The summed E-state index contributed by atoms with van der Waals surface area (Å²) in [6.45, 7) is 1.59. The molecule has 0 aliphatic rings. The number of carbonyl (C=O) groups is 2. The number of rotatable bonds is 4. The number of nitrogens with two attached hydrogens (primary N) is 1. The number of halogens is 1. The Labute approximate surface area is 109 Å². The molecule has 1 unspecified atom stereocenters. The first-order chi connectivity index (χ1) is 8.40. The second-order valence-electron chi connectivity index (χ2n) is 3.72. The zero-order valence-corrected chi connectivity index (χ0v) is 10.5. The topological polar surface area (TPSA) is 104 Å². The summed E-state index contributed by atoms with van der Waals surface area (Å²) in [5, 5.41) is 14.4. The van der Waals surface area contributed by atoms with Crippen molar-refractivity contribution in [1.29, 1.82) is 0 Å². The number of aryl methyl sites for hydroxylation is 1. The smallest absolute Gasteiger partial charge is 0.319 e. The van der Waals surface area contributed by atoms with Gasteiger partial charge in [-0.05, 0) is 24.6 Å². The summed E-state index contributed by atoms with van der Waals surface area (Å²) in [7, 11) is 0. The first-order valence-corrected chi connectivity index (χ1v) is 5.56. The van der Waals surface area contributed by atoms with Crippen LogP contribution in [-0.4, -0.2) is 29.7 Å². The number of nitrogens with one attached hydrogen (secondary N) is 2. The molecule has 1 rings (SSSR count). The molecule has 0 saturated carbocycles. The van der Waals surface area contributed by atoms with Crippen molar-refractivity contribution in [2.75, 3.05) is 11.9 Å². The van der Waals surface area contributed by atoms with Crippen molar-refractivity contribution in [3.63, 3.8) is 0 Å². The van der Waals surface area contributed by atoms with Gasteiger partial charge in [0, 0.05) is 10.7 Å². The van der Waals surface area contributed by atoms with Crippen molar-refractivity contribution in [1.82, 2.24) is 5.32 Å². The van der Waals surface area contributed by atoms with Crippen LogP contribution in [0.25, 0.3) is 0 Å². The summed E-state index contributed by atoms with van der Waals surface area (Å²) in [5.41, 5.74) is 6.24. The molecule has 98 valence electrons. The largest absolute Gasteiger partial charge is 0.381 e. The predicted molar refractivity (Wildman–Crippen MR) is 68.4 cm³/mol. The molecule has 3 amide bonds. The van der Waals surface area contributed by atoms with E-state index in [1.165, 1.54) is 0 Å². The van der Waals surface area contributed by atoms with E-state index in [0.717, 1.165) is 5.56 Å². The molecule has 1 aromatic carbocycles. The fourth-order valence-corrected chi connectivity index (χ4v) is 1.32. The minimum absolute atomic E-state index is 0.249. The Morgan fingerprint density at radius 3 is 2.72 bits per heavy atom. The molecule has 0 spiro atoms. The predicted octanol–water partition coefficient (Wildman–Crippen LogP) is 0.616. The normalized spacial score (nSPS) is 11.7. The SMILES string of the molecule is Cc1ccc(NC(=O)NCC(O)C(N)=O)cc1Cl. The Morgan fingerprint density at radius 1 is 1.50 bits per heavy atom. The average Bonchev–Trinajstić information content (AvgIpc) is 2.30. The summed E-state index contributed by atoms with van der Waals surface area (Å²) in [4.78, 5) is 21.9. The van der Waals surface area contributed by atoms with E-state index in [0.29, 0.717) is 10.7 Å². The average molecular weight is 272 g/mol. The molecule has 1 atom stereocenters. The Bertz CT molecular complexity index is 465. The molecule has 0 aromatic heterocycles. The standard InChI is InChI=1S/C11H14ClN3O3/c1-6-2-3-7(4-8(6)12)15-11(18)14-5-9(16)10(13)17/h2-4,9,16H,5H2,1H3,(H2,13,17)(H2,14,15,18). The zero-order valence-electron chi connectivity index (χ0n) is 9.74. The number of primary amides is 1. The molecule has 0 radical (unpaired) electrons. The number of amides is 3. The minimum Gasteiger partial charge on any atom is -0.381 e. The number of aliphatic hydroxyl groups is 1.